The van der Waals surface area contributed by atoms with Gasteiger partial charge in [0.05, 0.1) is 35.5 Å². The third-order valence-corrected chi connectivity index (χ3v) is 9.42. The van der Waals surface area contributed by atoms with E-state index in [-0.39, 0.29) is 18.1 Å². The van der Waals surface area contributed by atoms with E-state index in [1.165, 1.54) is 40.8 Å². The summed E-state index contributed by atoms with van der Waals surface area (Å²) in [4.78, 5) is 15.7. The molecule has 5 aromatic rings. The molecule has 0 spiro atoms. The van der Waals surface area contributed by atoms with Crippen LogP contribution in [0, 0.1) is 0 Å². The Balaban J connectivity index is 1.20. The first-order valence-electron chi connectivity index (χ1n) is 16.4. The largest absolute Gasteiger partial charge is 0.496 e. The standard InChI is InChI=1S/C40H41ClN4O3/c1-47-38-26-34(42)33(41)25-32(38)40(46)43-35-19-22-44(27-39(35)48-2)20-12-21-45-36(29-15-8-4-9-16-29)23-31(28-13-6-3-7-14-28)24-37(45)30-17-10-5-11-18-30/h3-11,13-18,23-26,35,39H,12,19-22,27H2,1-2H3,(H2-,42,43,46)/p+1. The molecule has 0 bridgehead atoms. The van der Waals surface area contributed by atoms with Crippen LogP contribution in [0.2, 0.25) is 5.02 Å². The number of rotatable bonds is 11. The number of ether oxygens (including phenoxy) is 2. The van der Waals surface area contributed by atoms with Crippen LogP contribution in [-0.4, -0.2) is 56.8 Å². The van der Waals surface area contributed by atoms with E-state index in [1.807, 2.05) is 0 Å². The first kappa shape index (κ1) is 33.2. The van der Waals surface area contributed by atoms with Crippen LogP contribution in [0.4, 0.5) is 5.69 Å². The number of methoxy groups -OCH3 is 2. The Labute approximate surface area is 287 Å². The van der Waals surface area contributed by atoms with Crippen LogP contribution in [0.3, 0.4) is 0 Å². The molecule has 3 N–H and O–H groups in total. The van der Waals surface area contributed by atoms with E-state index >= 15 is 0 Å². The minimum Gasteiger partial charge on any atom is -0.496 e. The molecule has 1 fully saturated rings. The van der Waals surface area contributed by atoms with E-state index in [9.17, 15) is 4.79 Å². The highest BCUT2D eigenvalue weighted by Gasteiger charge is 2.32. The lowest BCUT2D eigenvalue weighted by atomic mass is 9.98. The fourth-order valence-corrected chi connectivity index (χ4v) is 6.72. The van der Waals surface area contributed by atoms with Gasteiger partial charge in [-0.05, 0) is 47.9 Å². The second-order valence-electron chi connectivity index (χ2n) is 12.1. The zero-order valence-corrected chi connectivity index (χ0v) is 28.2. The summed E-state index contributed by atoms with van der Waals surface area (Å²) in [6.45, 7) is 3.31. The van der Waals surface area contributed by atoms with Crippen molar-refractivity contribution in [1.29, 1.82) is 0 Å². The number of nitrogens with two attached hydrogens (primary N) is 1. The van der Waals surface area contributed by atoms with Crippen LogP contribution < -0.4 is 20.4 Å². The number of benzene rings is 4. The molecule has 1 amide bonds. The van der Waals surface area contributed by atoms with Crippen molar-refractivity contribution in [2.45, 2.75) is 31.5 Å². The highest BCUT2D eigenvalue weighted by atomic mass is 35.5. The zero-order valence-electron chi connectivity index (χ0n) is 27.4. The normalized spacial score (nSPS) is 16.4. The number of aromatic nitrogens is 1. The maximum Gasteiger partial charge on any atom is 0.255 e. The van der Waals surface area contributed by atoms with Crippen molar-refractivity contribution in [2.24, 2.45) is 0 Å². The van der Waals surface area contributed by atoms with Gasteiger partial charge in [-0.25, -0.2) is 0 Å². The second-order valence-corrected chi connectivity index (χ2v) is 12.5. The van der Waals surface area contributed by atoms with Crippen LogP contribution in [0.25, 0.3) is 33.6 Å². The van der Waals surface area contributed by atoms with Crippen LogP contribution in [0.1, 0.15) is 23.2 Å². The summed E-state index contributed by atoms with van der Waals surface area (Å²) >= 11 is 6.23. The Kier molecular flexibility index (Phi) is 10.7. The number of piperidine rings is 1. The summed E-state index contributed by atoms with van der Waals surface area (Å²) < 4.78 is 13.8. The summed E-state index contributed by atoms with van der Waals surface area (Å²) in [5.74, 6) is 0.131. The number of halogens is 1. The lowest BCUT2D eigenvalue weighted by Crippen LogP contribution is -2.55. The Morgan fingerprint density at radius 3 is 2.00 bits per heavy atom. The van der Waals surface area contributed by atoms with E-state index in [2.05, 4.69) is 118 Å². The molecule has 6 rings (SSSR count). The number of carbonyl (C=O) groups excluding carboxylic acids is 1. The zero-order chi connectivity index (χ0) is 33.5. The number of likely N-dealkylation sites (tertiary alicyclic amines) is 1. The number of hydrogen-bond donors (Lipinski definition) is 2. The molecular weight excluding hydrogens is 620 g/mol. The highest BCUT2D eigenvalue weighted by molar-refractivity contribution is 6.33. The maximum atomic E-state index is 13.3. The summed E-state index contributed by atoms with van der Waals surface area (Å²) in [6, 6.07) is 39.5. The van der Waals surface area contributed by atoms with Crippen molar-refractivity contribution in [2.75, 3.05) is 39.6 Å². The number of carbonyl (C=O) groups is 1. The quantitative estimate of drug-likeness (QED) is 0.116. The third kappa shape index (κ3) is 7.55. The number of nitrogen functional groups attached to an aromatic ring is 1. The number of nitrogens with one attached hydrogen (secondary N) is 1. The summed E-state index contributed by atoms with van der Waals surface area (Å²) in [5, 5.41) is 3.47. The van der Waals surface area contributed by atoms with Gasteiger partial charge >= 0.3 is 0 Å². The van der Waals surface area contributed by atoms with E-state index in [0.717, 1.165) is 39.0 Å². The van der Waals surface area contributed by atoms with Gasteiger partial charge in [-0.2, -0.15) is 4.57 Å². The number of hydrogen-bond acceptors (Lipinski definition) is 5. The van der Waals surface area contributed by atoms with Gasteiger partial charge in [0.15, 0.2) is 6.54 Å². The molecule has 1 aliphatic heterocycles. The molecule has 8 heteroatoms. The first-order valence-corrected chi connectivity index (χ1v) is 16.8. The molecule has 1 aliphatic rings. The Morgan fingerprint density at radius 1 is 0.854 bits per heavy atom. The van der Waals surface area contributed by atoms with E-state index in [0.29, 0.717) is 22.0 Å². The van der Waals surface area contributed by atoms with Crippen molar-refractivity contribution in [3.8, 4) is 39.4 Å². The van der Waals surface area contributed by atoms with Gasteiger partial charge in [0.1, 0.15) is 5.75 Å². The van der Waals surface area contributed by atoms with Crippen molar-refractivity contribution >= 4 is 23.2 Å². The molecule has 0 saturated carbocycles. The Hall–Kier alpha value is -4.69. The topological polar surface area (TPSA) is 80.7 Å². The van der Waals surface area contributed by atoms with Crippen molar-refractivity contribution in [1.82, 2.24) is 10.2 Å². The van der Waals surface area contributed by atoms with Gasteiger partial charge in [-0.1, -0.05) is 78.3 Å². The molecule has 1 saturated heterocycles. The molecule has 2 heterocycles. The lowest BCUT2D eigenvalue weighted by Gasteiger charge is -2.38. The lowest BCUT2D eigenvalue weighted by molar-refractivity contribution is -0.675. The minimum atomic E-state index is -0.258. The molecule has 0 aliphatic carbocycles. The van der Waals surface area contributed by atoms with Gasteiger partial charge in [-0.15, -0.1) is 0 Å². The van der Waals surface area contributed by atoms with Gasteiger partial charge in [-0.3, -0.25) is 4.79 Å². The van der Waals surface area contributed by atoms with Crippen LogP contribution in [-0.2, 0) is 11.3 Å². The molecule has 2 atom stereocenters. The average molecular weight is 662 g/mol. The van der Waals surface area contributed by atoms with Gasteiger partial charge in [0.25, 0.3) is 5.91 Å². The molecular formula is C40H42ClN4O3+. The predicted molar refractivity (Wildman–Crippen MR) is 193 cm³/mol. The number of nitrogens with zero attached hydrogens (tertiary/aromatic N) is 2. The second kappa shape index (κ2) is 15.5. The molecule has 246 valence electrons. The monoisotopic (exact) mass is 661 g/mol. The minimum absolute atomic E-state index is 0.144. The van der Waals surface area contributed by atoms with E-state index < -0.39 is 0 Å². The van der Waals surface area contributed by atoms with E-state index in [1.54, 1.807) is 19.2 Å². The molecule has 2 unspecified atom stereocenters. The highest BCUT2D eigenvalue weighted by Crippen LogP contribution is 2.31. The molecule has 4 aromatic carbocycles. The van der Waals surface area contributed by atoms with Crippen LogP contribution in [0.15, 0.2) is 115 Å². The average Bonchev–Trinajstić information content (AvgIpc) is 3.14. The smallest absolute Gasteiger partial charge is 0.255 e. The van der Waals surface area contributed by atoms with Crippen molar-refractivity contribution < 1.29 is 18.8 Å². The van der Waals surface area contributed by atoms with Gasteiger partial charge < -0.3 is 25.4 Å². The van der Waals surface area contributed by atoms with Gasteiger partial charge in [0.2, 0.25) is 11.4 Å². The van der Waals surface area contributed by atoms with Crippen molar-refractivity contribution in [3.63, 3.8) is 0 Å². The number of amides is 1. The third-order valence-electron chi connectivity index (χ3n) is 9.09. The fraction of sp³-hybridized carbons (Fsp3) is 0.250. The van der Waals surface area contributed by atoms with Crippen LogP contribution in [0.5, 0.6) is 5.75 Å². The van der Waals surface area contributed by atoms with E-state index in [4.69, 9.17) is 26.8 Å². The maximum absolute atomic E-state index is 13.3. The Bertz CT molecular complexity index is 1780. The SMILES string of the molecule is COc1cc(N)c(Cl)cc1C(=O)NC1CCN(CCC[n+]2c(-c3ccccc3)cc(-c3ccccc3)cc2-c2ccccc2)CC1OC. The molecule has 7 nitrogen and oxygen atoms in total. The Morgan fingerprint density at radius 2 is 1.44 bits per heavy atom. The molecule has 0 radical (unpaired) electrons. The van der Waals surface area contributed by atoms with Gasteiger partial charge in [0, 0.05) is 62.5 Å². The first-order chi connectivity index (χ1) is 23.4. The number of pyridine rings is 1. The molecule has 48 heavy (non-hydrogen) atoms. The fourth-order valence-electron chi connectivity index (χ4n) is 6.56. The number of anilines is 1. The summed E-state index contributed by atoms with van der Waals surface area (Å²) in [5.41, 5.74) is 13.8. The summed E-state index contributed by atoms with van der Waals surface area (Å²) in [6.07, 6.45) is 1.55. The summed E-state index contributed by atoms with van der Waals surface area (Å²) in [7, 11) is 3.22. The van der Waals surface area contributed by atoms with Crippen molar-refractivity contribution in [3.05, 3.63) is 126 Å². The molecule has 1 aromatic heterocycles. The van der Waals surface area contributed by atoms with Crippen LogP contribution >= 0.6 is 11.6 Å². The predicted octanol–water partition coefficient (Wildman–Crippen LogP) is 7.13.